The van der Waals surface area contributed by atoms with E-state index in [1.165, 1.54) is 13.0 Å². The van der Waals surface area contributed by atoms with Gasteiger partial charge in [0.15, 0.2) is 0 Å². The zero-order valence-electron chi connectivity index (χ0n) is 9.54. The fourth-order valence-electron chi connectivity index (χ4n) is 2.22. The molecule has 0 radical (unpaired) electrons. The van der Waals surface area contributed by atoms with Crippen molar-refractivity contribution in [2.75, 3.05) is 6.54 Å². The van der Waals surface area contributed by atoms with E-state index in [2.05, 4.69) is 5.32 Å². The van der Waals surface area contributed by atoms with Crippen molar-refractivity contribution in [3.05, 3.63) is 29.8 Å². The predicted molar refractivity (Wildman–Crippen MR) is 64.9 cm³/mol. The van der Waals surface area contributed by atoms with Gasteiger partial charge in [-0.15, -0.1) is 12.4 Å². The van der Waals surface area contributed by atoms with Gasteiger partial charge in [0.05, 0.1) is 0 Å². The van der Waals surface area contributed by atoms with Gasteiger partial charge in [-0.1, -0.05) is 18.2 Å². The first-order valence-corrected chi connectivity index (χ1v) is 5.39. The Bertz CT molecular complexity index is 400. The van der Waals surface area contributed by atoms with Crippen molar-refractivity contribution in [1.29, 1.82) is 0 Å². The van der Waals surface area contributed by atoms with E-state index in [1.807, 2.05) is 0 Å². The summed E-state index contributed by atoms with van der Waals surface area (Å²) in [4.78, 5) is 0. The van der Waals surface area contributed by atoms with Crippen LogP contribution in [0, 0.1) is 0 Å². The molecule has 2 rings (SSSR count). The van der Waals surface area contributed by atoms with Crippen molar-refractivity contribution in [2.45, 2.75) is 31.2 Å². The summed E-state index contributed by atoms with van der Waals surface area (Å²) < 4.78 is 27.9. The largest absolute Gasteiger partial charge is 0.508 e. The number of rotatable bonds is 1. The van der Waals surface area contributed by atoms with Crippen molar-refractivity contribution in [3.63, 3.8) is 0 Å². The molecule has 17 heavy (non-hydrogen) atoms. The average Bonchev–Trinajstić information content (AvgIpc) is 2.23. The molecule has 2 N–H and O–H groups in total. The van der Waals surface area contributed by atoms with Crippen LogP contribution in [0.15, 0.2) is 24.3 Å². The Morgan fingerprint density at radius 2 is 1.94 bits per heavy atom. The van der Waals surface area contributed by atoms with Gasteiger partial charge in [0.2, 0.25) is 0 Å². The highest BCUT2D eigenvalue weighted by atomic mass is 35.5. The van der Waals surface area contributed by atoms with Gasteiger partial charge in [0.1, 0.15) is 11.3 Å². The molecular formula is C12H16ClF2NO. The standard InChI is InChI=1S/C12H15F2NO.ClH/c1-11(9-5-2-3-6-10(9)16)12(13,14)7-4-8-15-11;/h2-3,5-6,15-16H,4,7-8H2,1H3;1H. The number of piperidine rings is 1. The van der Waals surface area contributed by atoms with E-state index >= 15 is 0 Å². The molecule has 0 aliphatic carbocycles. The van der Waals surface area contributed by atoms with Crippen LogP contribution in [0.4, 0.5) is 8.78 Å². The summed E-state index contributed by atoms with van der Waals surface area (Å²) in [5.41, 5.74) is -1.21. The molecule has 2 nitrogen and oxygen atoms in total. The number of hydrogen-bond donors (Lipinski definition) is 2. The van der Waals surface area contributed by atoms with E-state index in [9.17, 15) is 13.9 Å². The van der Waals surface area contributed by atoms with Crippen LogP contribution in [0.1, 0.15) is 25.3 Å². The number of aromatic hydroxyl groups is 1. The van der Waals surface area contributed by atoms with Gasteiger partial charge in [0, 0.05) is 12.0 Å². The Balaban J connectivity index is 0.00000144. The third-order valence-electron chi connectivity index (χ3n) is 3.32. The molecule has 1 fully saturated rings. The van der Waals surface area contributed by atoms with Gasteiger partial charge >= 0.3 is 0 Å². The lowest BCUT2D eigenvalue weighted by molar-refractivity contribution is -0.110. The quantitative estimate of drug-likeness (QED) is 0.816. The maximum absolute atomic E-state index is 13.9. The zero-order chi connectivity index (χ0) is 11.8. The molecule has 1 unspecified atom stereocenters. The maximum Gasteiger partial charge on any atom is 0.269 e. The SMILES string of the molecule is CC1(c2ccccc2O)NCCCC1(F)F.Cl. The number of phenols is 1. The summed E-state index contributed by atoms with van der Waals surface area (Å²) in [6, 6.07) is 6.27. The topological polar surface area (TPSA) is 32.3 Å². The molecular weight excluding hydrogens is 248 g/mol. The van der Waals surface area contributed by atoms with Gasteiger partial charge in [0.25, 0.3) is 5.92 Å². The number of hydrogen-bond acceptors (Lipinski definition) is 2. The summed E-state index contributed by atoms with van der Waals surface area (Å²) in [5.74, 6) is -2.93. The molecule has 96 valence electrons. The first kappa shape index (κ1) is 14.2. The summed E-state index contributed by atoms with van der Waals surface area (Å²) in [6.07, 6.45) is 0.307. The second kappa shape index (κ2) is 4.78. The van der Waals surface area contributed by atoms with Crippen LogP contribution in [0.3, 0.4) is 0 Å². The lowest BCUT2D eigenvalue weighted by Gasteiger charge is -2.42. The zero-order valence-corrected chi connectivity index (χ0v) is 10.4. The van der Waals surface area contributed by atoms with Gasteiger partial charge < -0.3 is 10.4 Å². The average molecular weight is 264 g/mol. The van der Waals surface area contributed by atoms with Gasteiger partial charge in [-0.25, -0.2) is 8.78 Å². The van der Waals surface area contributed by atoms with E-state index in [1.54, 1.807) is 18.2 Å². The fraction of sp³-hybridized carbons (Fsp3) is 0.500. The second-order valence-corrected chi connectivity index (χ2v) is 4.38. The van der Waals surface area contributed by atoms with E-state index in [-0.39, 0.29) is 30.1 Å². The molecule has 1 saturated heterocycles. The Hall–Kier alpha value is -0.870. The van der Waals surface area contributed by atoms with E-state index < -0.39 is 11.5 Å². The number of para-hydroxylation sites is 1. The van der Waals surface area contributed by atoms with E-state index in [0.29, 0.717) is 13.0 Å². The van der Waals surface area contributed by atoms with E-state index in [0.717, 1.165) is 0 Å². The van der Waals surface area contributed by atoms with Crippen LogP contribution < -0.4 is 5.32 Å². The molecule has 1 aliphatic rings. The molecule has 1 aromatic carbocycles. The van der Waals surface area contributed by atoms with Crippen LogP contribution in [0.25, 0.3) is 0 Å². The van der Waals surface area contributed by atoms with Crippen LogP contribution in [-0.2, 0) is 5.54 Å². The lowest BCUT2D eigenvalue weighted by atomic mass is 9.80. The van der Waals surface area contributed by atoms with Gasteiger partial charge in [-0.3, -0.25) is 0 Å². The number of benzene rings is 1. The summed E-state index contributed by atoms with van der Waals surface area (Å²) in [6.45, 7) is 1.99. The Kier molecular flexibility index (Phi) is 3.99. The van der Waals surface area contributed by atoms with Crippen LogP contribution in [0.5, 0.6) is 5.75 Å². The van der Waals surface area contributed by atoms with Crippen molar-refractivity contribution in [3.8, 4) is 5.75 Å². The Labute approximate surface area is 105 Å². The Morgan fingerprint density at radius 1 is 1.29 bits per heavy atom. The molecule has 1 aliphatic heterocycles. The highest BCUT2D eigenvalue weighted by Crippen LogP contribution is 2.45. The van der Waals surface area contributed by atoms with Gasteiger partial charge in [-0.2, -0.15) is 0 Å². The molecule has 0 amide bonds. The van der Waals surface area contributed by atoms with Gasteiger partial charge in [-0.05, 0) is 26.0 Å². The molecule has 0 saturated carbocycles. The van der Waals surface area contributed by atoms with E-state index in [4.69, 9.17) is 0 Å². The monoisotopic (exact) mass is 263 g/mol. The highest BCUT2D eigenvalue weighted by Gasteiger charge is 2.53. The smallest absolute Gasteiger partial charge is 0.269 e. The highest BCUT2D eigenvalue weighted by molar-refractivity contribution is 5.85. The van der Waals surface area contributed by atoms with Crippen LogP contribution in [0.2, 0.25) is 0 Å². The maximum atomic E-state index is 13.9. The normalized spacial score (nSPS) is 27.2. The fourth-order valence-corrected chi connectivity index (χ4v) is 2.22. The molecule has 0 spiro atoms. The first-order chi connectivity index (χ1) is 7.47. The Morgan fingerprint density at radius 3 is 2.53 bits per heavy atom. The van der Waals surface area contributed by atoms with Crippen LogP contribution >= 0.6 is 12.4 Å². The summed E-state index contributed by atoms with van der Waals surface area (Å²) in [7, 11) is 0. The summed E-state index contributed by atoms with van der Waals surface area (Å²) in [5, 5.41) is 12.5. The number of phenolic OH excluding ortho intramolecular Hbond substituents is 1. The third-order valence-corrected chi connectivity index (χ3v) is 3.32. The number of halogens is 3. The van der Waals surface area contributed by atoms with Crippen molar-refractivity contribution < 1.29 is 13.9 Å². The van der Waals surface area contributed by atoms with Crippen LogP contribution in [-0.4, -0.2) is 17.6 Å². The number of nitrogens with one attached hydrogen (secondary N) is 1. The van der Waals surface area contributed by atoms with Crippen molar-refractivity contribution >= 4 is 12.4 Å². The molecule has 1 heterocycles. The number of alkyl halides is 2. The molecule has 5 heteroatoms. The lowest BCUT2D eigenvalue weighted by Crippen LogP contribution is -2.57. The minimum atomic E-state index is -2.84. The minimum Gasteiger partial charge on any atom is -0.508 e. The summed E-state index contributed by atoms with van der Waals surface area (Å²) >= 11 is 0. The minimum absolute atomic E-state index is 0. The third kappa shape index (κ3) is 2.24. The molecule has 1 atom stereocenters. The van der Waals surface area contributed by atoms with Crippen molar-refractivity contribution in [1.82, 2.24) is 5.32 Å². The predicted octanol–water partition coefficient (Wildman–Crippen LogP) is 3.05. The first-order valence-electron chi connectivity index (χ1n) is 5.39. The van der Waals surface area contributed by atoms with Crippen molar-refractivity contribution in [2.24, 2.45) is 0 Å². The second-order valence-electron chi connectivity index (χ2n) is 4.38. The molecule has 0 aromatic heterocycles. The molecule has 0 bridgehead atoms. The molecule has 1 aromatic rings.